The molecule has 0 bridgehead atoms. The predicted octanol–water partition coefficient (Wildman–Crippen LogP) is 6.71. The number of aliphatic imine (C=N–C) groups is 1. The number of benzene rings is 4. The van der Waals surface area contributed by atoms with E-state index in [2.05, 4.69) is 17.1 Å². The highest BCUT2D eigenvalue weighted by Gasteiger charge is 2.08. The van der Waals surface area contributed by atoms with Crippen LogP contribution < -0.4 is 9.47 Å². The number of halogens is 1. The van der Waals surface area contributed by atoms with E-state index in [1.807, 2.05) is 61.7 Å². The third-order valence-corrected chi connectivity index (χ3v) is 4.73. The van der Waals surface area contributed by atoms with Crippen molar-refractivity contribution in [3.8, 4) is 11.5 Å². The highest BCUT2D eigenvalue weighted by atomic mass is 19.1. The lowest BCUT2D eigenvalue weighted by Crippen LogP contribution is -1.99. The lowest BCUT2D eigenvalue weighted by Gasteiger charge is -2.12. The van der Waals surface area contributed by atoms with Gasteiger partial charge in [-0.2, -0.15) is 0 Å². The quantitative estimate of drug-likeness (QED) is 0.324. The molecule has 3 nitrogen and oxygen atoms in total. The molecule has 4 aromatic carbocycles. The lowest BCUT2D eigenvalue weighted by atomic mass is 10.0. The van der Waals surface area contributed by atoms with Gasteiger partial charge in [0.15, 0.2) is 0 Å². The first kappa shape index (κ1) is 19.6. The molecule has 150 valence electrons. The largest absolute Gasteiger partial charge is 0.494 e. The van der Waals surface area contributed by atoms with Gasteiger partial charge in [0, 0.05) is 11.8 Å². The second-order valence-corrected chi connectivity index (χ2v) is 6.80. The van der Waals surface area contributed by atoms with Crippen LogP contribution in [0.2, 0.25) is 0 Å². The van der Waals surface area contributed by atoms with Gasteiger partial charge in [0.1, 0.15) is 23.9 Å². The molecular weight excluding hydrogens is 377 g/mol. The minimum absolute atomic E-state index is 0.257. The second-order valence-electron chi connectivity index (χ2n) is 6.80. The maximum atomic E-state index is 13.2. The minimum Gasteiger partial charge on any atom is -0.494 e. The molecule has 0 fully saturated rings. The number of hydrogen-bond donors (Lipinski definition) is 0. The van der Waals surface area contributed by atoms with Crippen LogP contribution in [0.15, 0.2) is 89.9 Å². The van der Waals surface area contributed by atoms with Crippen LogP contribution in [-0.2, 0) is 6.61 Å². The van der Waals surface area contributed by atoms with Crippen LogP contribution in [-0.4, -0.2) is 12.8 Å². The van der Waals surface area contributed by atoms with E-state index in [1.165, 1.54) is 12.1 Å². The van der Waals surface area contributed by atoms with Crippen molar-refractivity contribution < 1.29 is 13.9 Å². The van der Waals surface area contributed by atoms with Gasteiger partial charge in [-0.15, -0.1) is 0 Å². The molecule has 0 N–H and O–H groups in total. The van der Waals surface area contributed by atoms with Crippen molar-refractivity contribution in [1.29, 1.82) is 0 Å². The Kier molecular flexibility index (Phi) is 6.04. The number of ether oxygens (including phenoxy) is 2. The monoisotopic (exact) mass is 399 g/mol. The summed E-state index contributed by atoms with van der Waals surface area (Å²) >= 11 is 0. The zero-order chi connectivity index (χ0) is 20.8. The number of nitrogens with zero attached hydrogens (tertiary/aromatic N) is 1. The van der Waals surface area contributed by atoms with E-state index >= 15 is 0 Å². The van der Waals surface area contributed by atoms with Crippen LogP contribution in [0.4, 0.5) is 10.1 Å². The molecule has 0 spiro atoms. The van der Waals surface area contributed by atoms with E-state index in [0.717, 1.165) is 39.1 Å². The SMILES string of the molecule is CCOc1ccc(N=Cc2c(OCc3ccc(F)cc3)ccc3ccccc23)cc1. The topological polar surface area (TPSA) is 30.8 Å². The van der Waals surface area contributed by atoms with Crippen LogP contribution >= 0.6 is 0 Å². The fourth-order valence-electron chi connectivity index (χ4n) is 3.21. The third-order valence-electron chi connectivity index (χ3n) is 4.73. The Morgan fingerprint density at radius 2 is 1.60 bits per heavy atom. The van der Waals surface area contributed by atoms with Crippen molar-refractivity contribution in [2.75, 3.05) is 6.61 Å². The molecule has 0 aliphatic carbocycles. The van der Waals surface area contributed by atoms with Crippen molar-refractivity contribution in [3.63, 3.8) is 0 Å². The Hall–Kier alpha value is -3.66. The molecule has 0 aromatic heterocycles. The normalized spacial score (nSPS) is 11.1. The lowest BCUT2D eigenvalue weighted by molar-refractivity contribution is 0.306. The van der Waals surface area contributed by atoms with Gasteiger partial charge in [-0.05, 0) is 65.7 Å². The average Bonchev–Trinajstić information content (AvgIpc) is 2.78. The maximum absolute atomic E-state index is 13.2. The van der Waals surface area contributed by atoms with Crippen molar-refractivity contribution in [2.24, 2.45) is 4.99 Å². The molecule has 0 aliphatic rings. The van der Waals surface area contributed by atoms with Crippen LogP contribution in [0.25, 0.3) is 10.8 Å². The fourth-order valence-corrected chi connectivity index (χ4v) is 3.21. The maximum Gasteiger partial charge on any atom is 0.129 e. The van der Waals surface area contributed by atoms with E-state index in [9.17, 15) is 4.39 Å². The van der Waals surface area contributed by atoms with E-state index in [0.29, 0.717) is 13.2 Å². The fraction of sp³-hybridized carbons (Fsp3) is 0.115. The van der Waals surface area contributed by atoms with E-state index in [4.69, 9.17) is 9.47 Å². The number of fused-ring (bicyclic) bond motifs is 1. The zero-order valence-electron chi connectivity index (χ0n) is 16.7. The van der Waals surface area contributed by atoms with Gasteiger partial charge in [-0.1, -0.05) is 42.5 Å². The Morgan fingerprint density at radius 1 is 0.833 bits per heavy atom. The first-order valence-electron chi connectivity index (χ1n) is 9.89. The minimum atomic E-state index is -0.257. The first-order chi connectivity index (χ1) is 14.7. The Bertz CT molecular complexity index is 1150. The summed E-state index contributed by atoms with van der Waals surface area (Å²) in [6.07, 6.45) is 1.83. The second kappa shape index (κ2) is 9.23. The van der Waals surface area contributed by atoms with Crippen LogP contribution in [0, 0.1) is 5.82 Å². The summed E-state index contributed by atoms with van der Waals surface area (Å²) < 4.78 is 24.7. The number of hydrogen-bond acceptors (Lipinski definition) is 3. The summed E-state index contributed by atoms with van der Waals surface area (Å²) in [7, 11) is 0. The summed E-state index contributed by atoms with van der Waals surface area (Å²) in [6.45, 7) is 2.94. The average molecular weight is 399 g/mol. The highest BCUT2D eigenvalue weighted by molar-refractivity contribution is 6.03. The molecular formula is C26H22FNO2. The Labute approximate surface area is 175 Å². The molecule has 0 amide bonds. The summed E-state index contributed by atoms with van der Waals surface area (Å²) in [5.74, 6) is 1.30. The Morgan fingerprint density at radius 3 is 2.37 bits per heavy atom. The molecule has 0 unspecified atom stereocenters. The summed E-state index contributed by atoms with van der Waals surface area (Å²) in [5, 5.41) is 2.17. The molecule has 30 heavy (non-hydrogen) atoms. The summed E-state index contributed by atoms with van der Waals surface area (Å²) in [5.41, 5.74) is 2.64. The van der Waals surface area contributed by atoms with Gasteiger partial charge in [0.2, 0.25) is 0 Å². The molecule has 0 saturated carbocycles. The van der Waals surface area contributed by atoms with Gasteiger partial charge >= 0.3 is 0 Å². The molecule has 4 rings (SSSR count). The molecule has 0 aliphatic heterocycles. The van der Waals surface area contributed by atoms with Crippen LogP contribution in [0.5, 0.6) is 11.5 Å². The predicted molar refractivity (Wildman–Crippen MR) is 120 cm³/mol. The first-order valence-corrected chi connectivity index (χ1v) is 9.89. The van der Waals surface area contributed by atoms with Crippen molar-refractivity contribution in [3.05, 3.63) is 102 Å². The molecule has 0 radical (unpaired) electrons. The third kappa shape index (κ3) is 4.66. The zero-order valence-corrected chi connectivity index (χ0v) is 16.7. The van der Waals surface area contributed by atoms with Gasteiger partial charge in [-0.3, -0.25) is 4.99 Å². The highest BCUT2D eigenvalue weighted by Crippen LogP contribution is 2.28. The molecule has 4 aromatic rings. The molecule has 0 heterocycles. The standard InChI is InChI=1S/C26H22FNO2/c1-2-29-23-14-12-22(13-15-23)28-17-25-24-6-4-3-5-20(24)9-16-26(25)30-18-19-7-10-21(27)11-8-19/h3-17H,2,18H2,1H3. The number of rotatable bonds is 7. The van der Waals surface area contributed by atoms with Gasteiger partial charge < -0.3 is 9.47 Å². The molecule has 0 atom stereocenters. The van der Waals surface area contributed by atoms with E-state index in [-0.39, 0.29) is 5.82 Å². The van der Waals surface area contributed by atoms with Crippen molar-refractivity contribution >= 4 is 22.7 Å². The Balaban J connectivity index is 1.63. The van der Waals surface area contributed by atoms with Crippen LogP contribution in [0.1, 0.15) is 18.1 Å². The van der Waals surface area contributed by atoms with Gasteiger partial charge in [0.05, 0.1) is 12.3 Å². The van der Waals surface area contributed by atoms with E-state index < -0.39 is 0 Å². The summed E-state index contributed by atoms with van der Waals surface area (Å²) in [6, 6.07) is 26.1. The van der Waals surface area contributed by atoms with Crippen molar-refractivity contribution in [2.45, 2.75) is 13.5 Å². The summed E-state index contributed by atoms with van der Waals surface area (Å²) in [4.78, 5) is 4.64. The van der Waals surface area contributed by atoms with E-state index in [1.54, 1.807) is 12.1 Å². The molecule has 4 heteroatoms. The van der Waals surface area contributed by atoms with Crippen LogP contribution in [0.3, 0.4) is 0 Å². The van der Waals surface area contributed by atoms with Crippen molar-refractivity contribution in [1.82, 2.24) is 0 Å². The smallest absolute Gasteiger partial charge is 0.129 e. The van der Waals surface area contributed by atoms with Gasteiger partial charge in [0.25, 0.3) is 0 Å². The molecule has 0 saturated heterocycles. The van der Waals surface area contributed by atoms with Gasteiger partial charge in [-0.25, -0.2) is 4.39 Å².